The molecule has 1 aromatic heterocycles. The van der Waals surface area contributed by atoms with Gasteiger partial charge in [0.05, 0.1) is 6.67 Å². The van der Waals surface area contributed by atoms with Crippen molar-refractivity contribution in [3.05, 3.63) is 5.82 Å². The van der Waals surface area contributed by atoms with Gasteiger partial charge >= 0.3 is 0 Å². The number of aryl methyl sites for hydroxylation is 1. The minimum absolute atomic E-state index is 0.0914. The maximum absolute atomic E-state index is 12.7. The van der Waals surface area contributed by atoms with Gasteiger partial charge in [-0.2, -0.15) is 4.37 Å². The minimum atomic E-state index is -0.384. The summed E-state index contributed by atoms with van der Waals surface area (Å²) in [4.78, 5) is 20.4. The van der Waals surface area contributed by atoms with Crippen LogP contribution in [0.15, 0.2) is 0 Å². The highest BCUT2D eigenvalue weighted by Gasteiger charge is 2.36. The van der Waals surface area contributed by atoms with Crippen LogP contribution in [0.1, 0.15) is 25.1 Å². The minimum Gasteiger partial charge on any atom is -0.347 e. The summed E-state index contributed by atoms with van der Waals surface area (Å²) in [7, 11) is 0. The maximum atomic E-state index is 12.7. The molecule has 0 N–H and O–H groups in total. The third-order valence-corrected chi connectivity index (χ3v) is 5.02. The lowest BCUT2D eigenvalue weighted by Gasteiger charge is -2.36. The average Bonchev–Trinajstić information content (AvgIpc) is 3.05. The molecule has 110 valence electrons. The topological polar surface area (TPSA) is 49.3 Å². The molecule has 3 heterocycles. The normalized spacial score (nSPS) is 24.7. The van der Waals surface area contributed by atoms with Crippen LogP contribution in [0.2, 0.25) is 0 Å². The first-order chi connectivity index (χ1) is 9.67. The highest BCUT2D eigenvalue weighted by molar-refractivity contribution is 7.09. The van der Waals surface area contributed by atoms with E-state index in [4.69, 9.17) is 0 Å². The Morgan fingerprint density at radius 1 is 1.40 bits per heavy atom. The predicted octanol–water partition coefficient (Wildman–Crippen LogP) is 1.63. The second-order valence-corrected chi connectivity index (χ2v) is 6.34. The number of hydrogen-bond acceptors (Lipinski definition) is 5. The summed E-state index contributed by atoms with van der Waals surface area (Å²) < 4.78 is 16.9. The second-order valence-electron chi connectivity index (χ2n) is 5.61. The van der Waals surface area contributed by atoms with Crippen molar-refractivity contribution in [3.63, 3.8) is 0 Å². The number of aromatic nitrogens is 2. The highest BCUT2D eigenvalue weighted by atomic mass is 32.1. The lowest BCUT2D eigenvalue weighted by atomic mass is 10.0. The number of nitrogens with zero attached hydrogens (tertiary/aromatic N) is 4. The largest absolute Gasteiger partial charge is 0.347 e. The molecule has 5 nitrogen and oxygen atoms in total. The van der Waals surface area contributed by atoms with Gasteiger partial charge in [-0.25, -0.2) is 4.98 Å². The first-order valence-corrected chi connectivity index (χ1v) is 7.85. The van der Waals surface area contributed by atoms with E-state index in [-0.39, 0.29) is 24.5 Å². The third-order valence-electron chi connectivity index (χ3n) is 4.15. The molecule has 0 spiro atoms. The number of hydrogen-bond donors (Lipinski definition) is 0. The van der Waals surface area contributed by atoms with Gasteiger partial charge in [0.15, 0.2) is 0 Å². The first-order valence-electron chi connectivity index (χ1n) is 7.08. The van der Waals surface area contributed by atoms with Crippen molar-refractivity contribution in [2.45, 2.75) is 32.2 Å². The SMILES string of the molecule is Cc1nsc(N2CCC(N3CC(CF)CC3=O)CC2)n1. The fraction of sp³-hybridized carbons (Fsp3) is 0.769. The molecule has 0 radical (unpaired) electrons. The maximum Gasteiger partial charge on any atom is 0.223 e. The first kappa shape index (κ1) is 13.7. The Hall–Kier alpha value is -1.24. The number of amides is 1. The van der Waals surface area contributed by atoms with E-state index in [9.17, 15) is 9.18 Å². The van der Waals surface area contributed by atoms with E-state index in [0.29, 0.717) is 13.0 Å². The predicted molar refractivity (Wildman–Crippen MR) is 75.7 cm³/mol. The molecule has 1 amide bonds. The molecule has 7 heteroatoms. The molecular weight excluding hydrogens is 279 g/mol. The van der Waals surface area contributed by atoms with E-state index in [1.807, 2.05) is 11.8 Å². The quantitative estimate of drug-likeness (QED) is 0.851. The zero-order valence-electron chi connectivity index (χ0n) is 11.6. The molecule has 2 aliphatic heterocycles. The molecular formula is C13H19FN4OS. The van der Waals surface area contributed by atoms with Crippen molar-refractivity contribution in [1.82, 2.24) is 14.3 Å². The Morgan fingerprint density at radius 3 is 2.70 bits per heavy atom. The summed E-state index contributed by atoms with van der Waals surface area (Å²) in [5.41, 5.74) is 0. The number of halogens is 1. The second kappa shape index (κ2) is 5.63. The number of piperidine rings is 1. The fourth-order valence-electron chi connectivity index (χ4n) is 3.05. The van der Waals surface area contributed by atoms with Crippen LogP contribution in [-0.4, -0.2) is 52.5 Å². The molecule has 0 saturated carbocycles. The van der Waals surface area contributed by atoms with Crippen molar-refractivity contribution in [2.75, 3.05) is 31.2 Å². The monoisotopic (exact) mass is 298 g/mol. The lowest BCUT2D eigenvalue weighted by Crippen LogP contribution is -2.45. The molecule has 1 atom stereocenters. The molecule has 0 bridgehead atoms. The summed E-state index contributed by atoms with van der Waals surface area (Å²) in [6, 6.07) is 0.268. The van der Waals surface area contributed by atoms with Crippen LogP contribution < -0.4 is 4.90 Å². The fourth-order valence-corrected chi connectivity index (χ4v) is 3.77. The van der Waals surface area contributed by atoms with Gasteiger partial charge in [0.25, 0.3) is 0 Å². The molecule has 1 aromatic rings. The summed E-state index contributed by atoms with van der Waals surface area (Å²) in [5, 5.41) is 0.968. The van der Waals surface area contributed by atoms with E-state index in [1.54, 1.807) is 0 Å². The van der Waals surface area contributed by atoms with Gasteiger partial charge in [-0.15, -0.1) is 0 Å². The molecule has 1 unspecified atom stereocenters. The van der Waals surface area contributed by atoms with Gasteiger partial charge in [-0.1, -0.05) is 0 Å². The van der Waals surface area contributed by atoms with Gasteiger partial charge in [0.2, 0.25) is 11.0 Å². The zero-order valence-corrected chi connectivity index (χ0v) is 12.4. The summed E-state index contributed by atoms with van der Waals surface area (Å²) in [5.74, 6) is 0.844. The molecule has 2 saturated heterocycles. The Bertz CT molecular complexity index is 486. The van der Waals surface area contributed by atoms with Crippen LogP contribution >= 0.6 is 11.5 Å². The number of carbonyl (C=O) groups excluding carboxylic acids is 1. The van der Waals surface area contributed by atoms with Crippen LogP contribution in [0.3, 0.4) is 0 Å². The Labute approximate surface area is 122 Å². The van der Waals surface area contributed by atoms with Gasteiger partial charge in [-0.3, -0.25) is 9.18 Å². The standard InChI is InChI=1S/C13H19FN4OS/c1-9-15-13(20-16-9)17-4-2-11(3-5-17)18-8-10(7-14)6-12(18)19/h10-11H,2-8H2,1H3. The van der Waals surface area contributed by atoms with E-state index in [0.717, 1.165) is 36.9 Å². The average molecular weight is 298 g/mol. The van der Waals surface area contributed by atoms with Crippen LogP contribution in [0.25, 0.3) is 0 Å². The zero-order chi connectivity index (χ0) is 14.1. The van der Waals surface area contributed by atoms with Crippen LogP contribution in [0.5, 0.6) is 0 Å². The number of alkyl halides is 1. The Kier molecular flexibility index (Phi) is 3.87. The molecule has 2 aliphatic rings. The summed E-state index contributed by atoms with van der Waals surface area (Å²) >= 11 is 1.43. The van der Waals surface area contributed by atoms with Crippen molar-refractivity contribution < 1.29 is 9.18 Å². The van der Waals surface area contributed by atoms with E-state index < -0.39 is 0 Å². The van der Waals surface area contributed by atoms with E-state index in [1.165, 1.54) is 11.5 Å². The highest BCUT2D eigenvalue weighted by Crippen LogP contribution is 2.28. The molecule has 3 rings (SSSR count). The number of rotatable bonds is 3. The molecule has 2 fully saturated rings. The van der Waals surface area contributed by atoms with E-state index in [2.05, 4.69) is 14.3 Å². The van der Waals surface area contributed by atoms with E-state index >= 15 is 0 Å². The van der Waals surface area contributed by atoms with Gasteiger partial charge in [0.1, 0.15) is 5.82 Å². The van der Waals surface area contributed by atoms with Crippen molar-refractivity contribution in [3.8, 4) is 0 Å². The summed E-state index contributed by atoms with van der Waals surface area (Å²) in [6.07, 6.45) is 2.25. The number of carbonyl (C=O) groups is 1. The van der Waals surface area contributed by atoms with Gasteiger partial charge in [0, 0.05) is 49.5 Å². The summed E-state index contributed by atoms with van der Waals surface area (Å²) in [6.45, 7) is 3.89. The molecule has 20 heavy (non-hydrogen) atoms. The van der Waals surface area contributed by atoms with Crippen molar-refractivity contribution >= 4 is 22.6 Å². The number of anilines is 1. The van der Waals surface area contributed by atoms with Crippen LogP contribution in [0.4, 0.5) is 9.52 Å². The molecule has 0 aromatic carbocycles. The lowest BCUT2D eigenvalue weighted by molar-refractivity contribution is -0.130. The molecule has 0 aliphatic carbocycles. The smallest absolute Gasteiger partial charge is 0.223 e. The van der Waals surface area contributed by atoms with Crippen LogP contribution in [0, 0.1) is 12.8 Å². The van der Waals surface area contributed by atoms with Crippen molar-refractivity contribution in [2.24, 2.45) is 5.92 Å². The number of likely N-dealkylation sites (tertiary alicyclic amines) is 1. The van der Waals surface area contributed by atoms with Crippen LogP contribution in [-0.2, 0) is 4.79 Å². The van der Waals surface area contributed by atoms with Gasteiger partial charge in [-0.05, 0) is 19.8 Å². The van der Waals surface area contributed by atoms with Crippen molar-refractivity contribution in [1.29, 1.82) is 0 Å². The Morgan fingerprint density at radius 2 is 2.15 bits per heavy atom. The van der Waals surface area contributed by atoms with Gasteiger partial charge < -0.3 is 9.80 Å². The Balaban J connectivity index is 1.57. The third kappa shape index (κ3) is 2.63.